The lowest BCUT2D eigenvalue weighted by atomic mass is 9.96. The molecule has 2 atom stereocenters. The predicted octanol–water partition coefficient (Wildman–Crippen LogP) is 3.73. The molecule has 2 N–H and O–H groups in total. The molecular formula is C24H30BrN3O6. The van der Waals surface area contributed by atoms with Gasteiger partial charge in [-0.1, -0.05) is 29.8 Å². The SMILES string of the molecule is COC(=O)N[C@H](C(=O)N1CCC[C@@]1(C)C(=O)OCC(=O)c1ccc(Br)c2c(C)c[nH]c12)C(C)C. The van der Waals surface area contributed by atoms with Gasteiger partial charge in [0, 0.05) is 28.2 Å². The van der Waals surface area contributed by atoms with Crippen LogP contribution >= 0.6 is 15.9 Å². The number of nitrogens with zero attached hydrogens (tertiary/aromatic N) is 1. The first-order valence-electron chi connectivity index (χ1n) is 11.1. The number of aryl methyl sites for hydroxylation is 1. The minimum Gasteiger partial charge on any atom is -0.456 e. The molecule has 1 aliphatic heterocycles. The number of alkyl carbamates (subject to hydrolysis) is 1. The second-order valence-electron chi connectivity index (χ2n) is 9.04. The van der Waals surface area contributed by atoms with Crippen LogP contribution in [0.5, 0.6) is 0 Å². The number of carbonyl (C=O) groups excluding carboxylic acids is 4. The molecule has 9 nitrogen and oxygen atoms in total. The van der Waals surface area contributed by atoms with Crippen LogP contribution in [0.4, 0.5) is 4.79 Å². The smallest absolute Gasteiger partial charge is 0.407 e. The summed E-state index contributed by atoms with van der Waals surface area (Å²) in [6, 6.07) is 2.61. The van der Waals surface area contributed by atoms with Crippen LogP contribution in [0.1, 0.15) is 49.5 Å². The lowest BCUT2D eigenvalue weighted by Gasteiger charge is -2.36. The average molecular weight is 536 g/mol. The van der Waals surface area contributed by atoms with Crippen molar-refractivity contribution in [2.24, 2.45) is 5.92 Å². The van der Waals surface area contributed by atoms with Gasteiger partial charge in [-0.05, 0) is 50.3 Å². The number of ether oxygens (including phenoxy) is 2. The average Bonchev–Trinajstić information content (AvgIpc) is 3.39. The molecule has 2 aromatic rings. The molecule has 1 saturated heterocycles. The summed E-state index contributed by atoms with van der Waals surface area (Å²) >= 11 is 3.50. The second kappa shape index (κ2) is 10.2. The summed E-state index contributed by atoms with van der Waals surface area (Å²) < 4.78 is 10.9. The van der Waals surface area contributed by atoms with Crippen LogP contribution < -0.4 is 5.32 Å². The van der Waals surface area contributed by atoms with Crippen LogP contribution in [-0.4, -0.2) is 65.5 Å². The van der Waals surface area contributed by atoms with E-state index in [0.29, 0.717) is 30.5 Å². The zero-order valence-electron chi connectivity index (χ0n) is 20.0. The highest BCUT2D eigenvalue weighted by molar-refractivity contribution is 9.10. The minimum absolute atomic E-state index is 0.224. The number of methoxy groups -OCH3 is 1. The quantitative estimate of drug-likeness (QED) is 0.412. The topological polar surface area (TPSA) is 118 Å². The molecule has 3 rings (SSSR count). The molecule has 1 fully saturated rings. The molecule has 10 heteroatoms. The standard InChI is InChI=1S/C24H30BrN3O6/c1-13(2)19(27-23(32)33-5)21(30)28-10-6-9-24(28,4)22(31)34-12-17(29)15-7-8-16(25)18-14(3)11-26-20(15)18/h7-8,11,13,19,26H,6,9-10,12H2,1-5H3,(H,27,32)/t19-,24-/m0/s1. The van der Waals surface area contributed by atoms with Gasteiger partial charge in [0.05, 0.1) is 12.6 Å². The molecular weight excluding hydrogens is 506 g/mol. The molecule has 0 aliphatic carbocycles. The highest BCUT2D eigenvalue weighted by Crippen LogP contribution is 2.32. The van der Waals surface area contributed by atoms with Gasteiger partial charge in [-0.15, -0.1) is 0 Å². The number of aromatic nitrogens is 1. The highest BCUT2D eigenvalue weighted by Gasteiger charge is 2.49. The van der Waals surface area contributed by atoms with E-state index >= 15 is 0 Å². The number of carbonyl (C=O) groups is 4. The summed E-state index contributed by atoms with van der Waals surface area (Å²) in [5.74, 6) is -1.61. The zero-order chi connectivity index (χ0) is 25.2. The monoisotopic (exact) mass is 535 g/mol. The molecule has 1 aromatic heterocycles. The van der Waals surface area contributed by atoms with E-state index in [1.165, 1.54) is 12.0 Å². The Morgan fingerprint density at radius 2 is 1.97 bits per heavy atom. The Kier molecular flexibility index (Phi) is 7.70. The highest BCUT2D eigenvalue weighted by atomic mass is 79.9. The molecule has 34 heavy (non-hydrogen) atoms. The maximum absolute atomic E-state index is 13.3. The number of aromatic amines is 1. The maximum Gasteiger partial charge on any atom is 0.407 e. The van der Waals surface area contributed by atoms with Crippen molar-refractivity contribution in [1.29, 1.82) is 0 Å². The molecule has 0 radical (unpaired) electrons. The third-order valence-electron chi connectivity index (χ3n) is 6.35. The summed E-state index contributed by atoms with van der Waals surface area (Å²) in [6.07, 6.45) is 2.09. The molecule has 0 spiro atoms. The summed E-state index contributed by atoms with van der Waals surface area (Å²) in [5.41, 5.74) is 0.845. The molecule has 0 bridgehead atoms. The zero-order valence-corrected chi connectivity index (χ0v) is 21.6. The van der Waals surface area contributed by atoms with E-state index in [2.05, 4.69) is 31.0 Å². The fraction of sp³-hybridized carbons (Fsp3) is 0.500. The van der Waals surface area contributed by atoms with E-state index in [1.807, 2.05) is 13.1 Å². The van der Waals surface area contributed by atoms with Crippen molar-refractivity contribution in [3.05, 3.63) is 33.9 Å². The molecule has 2 amide bonds. The number of Topliss-reactive ketones (excluding diaryl/α,β-unsaturated/α-hetero) is 1. The second-order valence-corrected chi connectivity index (χ2v) is 9.90. The number of ketones is 1. The van der Waals surface area contributed by atoms with Gasteiger partial charge in [0.1, 0.15) is 11.6 Å². The maximum atomic E-state index is 13.3. The Morgan fingerprint density at radius 3 is 2.62 bits per heavy atom. The van der Waals surface area contributed by atoms with Crippen molar-refractivity contribution in [1.82, 2.24) is 15.2 Å². The Balaban J connectivity index is 1.74. The number of hydrogen-bond donors (Lipinski definition) is 2. The number of amides is 2. The summed E-state index contributed by atoms with van der Waals surface area (Å²) in [6.45, 7) is 7.06. The lowest BCUT2D eigenvalue weighted by molar-refractivity contribution is -0.160. The van der Waals surface area contributed by atoms with Crippen LogP contribution in [0.3, 0.4) is 0 Å². The molecule has 184 valence electrons. The van der Waals surface area contributed by atoms with Gasteiger partial charge in [-0.2, -0.15) is 0 Å². The molecule has 2 heterocycles. The van der Waals surface area contributed by atoms with E-state index in [-0.39, 0.29) is 17.6 Å². The van der Waals surface area contributed by atoms with Crippen molar-refractivity contribution in [2.45, 2.75) is 52.1 Å². The van der Waals surface area contributed by atoms with Crippen LogP contribution in [0, 0.1) is 12.8 Å². The number of hydrogen-bond acceptors (Lipinski definition) is 6. The van der Waals surface area contributed by atoms with Crippen molar-refractivity contribution in [3.8, 4) is 0 Å². The van der Waals surface area contributed by atoms with Crippen molar-refractivity contribution >= 4 is 50.6 Å². The van der Waals surface area contributed by atoms with Crippen LogP contribution in [0.15, 0.2) is 22.8 Å². The van der Waals surface area contributed by atoms with Gasteiger partial charge in [-0.25, -0.2) is 9.59 Å². The van der Waals surface area contributed by atoms with Crippen LogP contribution in [-0.2, 0) is 19.1 Å². The first-order chi connectivity index (χ1) is 16.0. The molecule has 0 unspecified atom stereocenters. The fourth-order valence-electron chi connectivity index (χ4n) is 4.36. The Labute approximate surface area is 206 Å². The first-order valence-corrected chi connectivity index (χ1v) is 11.9. The van der Waals surface area contributed by atoms with Crippen LogP contribution in [0.25, 0.3) is 10.9 Å². The molecule has 1 aromatic carbocycles. The number of nitrogens with one attached hydrogen (secondary N) is 2. The van der Waals surface area contributed by atoms with Gasteiger partial charge in [0.2, 0.25) is 11.7 Å². The van der Waals surface area contributed by atoms with E-state index in [4.69, 9.17) is 4.74 Å². The summed E-state index contributed by atoms with van der Waals surface area (Å²) in [7, 11) is 1.22. The number of halogens is 1. The molecule has 1 aliphatic rings. The number of esters is 1. The minimum atomic E-state index is -1.24. The number of H-pyrrole nitrogens is 1. The number of rotatable bonds is 7. The van der Waals surface area contributed by atoms with E-state index in [0.717, 1.165) is 15.4 Å². The van der Waals surface area contributed by atoms with Crippen molar-refractivity contribution in [3.63, 3.8) is 0 Å². The van der Waals surface area contributed by atoms with E-state index < -0.39 is 30.3 Å². The van der Waals surface area contributed by atoms with E-state index in [1.54, 1.807) is 32.9 Å². The van der Waals surface area contributed by atoms with Gasteiger partial charge < -0.3 is 24.7 Å². The van der Waals surface area contributed by atoms with E-state index in [9.17, 15) is 19.2 Å². The van der Waals surface area contributed by atoms with Crippen LogP contribution in [0.2, 0.25) is 0 Å². The van der Waals surface area contributed by atoms with Crippen molar-refractivity contribution in [2.75, 3.05) is 20.3 Å². The lowest BCUT2D eigenvalue weighted by Crippen LogP contribution is -2.58. The Morgan fingerprint density at radius 1 is 1.26 bits per heavy atom. The van der Waals surface area contributed by atoms with Gasteiger partial charge in [0.15, 0.2) is 6.61 Å². The van der Waals surface area contributed by atoms with Gasteiger partial charge in [-0.3, -0.25) is 9.59 Å². The summed E-state index contributed by atoms with van der Waals surface area (Å²) in [5, 5.41) is 3.45. The predicted molar refractivity (Wildman–Crippen MR) is 130 cm³/mol. The molecule has 0 saturated carbocycles. The fourth-order valence-corrected chi connectivity index (χ4v) is 5.00. The Bertz CT molecular complexity index is 1130. The largest absolute Gasteiger partial charge is 0.456 e. The number of benzene rings is 1. The number of fused-ring (bicyclic) bond motifs is 1. The summed E-state index contributed by atoms with van der Waals surface area (Å²) in [4.78, 5) is 55.6. The van der Waals surface area contributed by atoms with Gasteiger partial charge >= 0.3 is 12.1 Å². The van der Waals surface area contributed by atoms with Gasteiger partial charge in [0.25, 0.3) is 0 Å². The van der Waals surface area contributed by atoms with Crippen molar-refractivity contribution < 1.29 is 28.7 Å². The number of likely N-dealkylation sites (tertiary alicyclic amines) is 1. The third kappa shape index (κ3) is 4.82. The Hall–Kier alpha value is -2.88. The first kappa shape index (κ1) is 25.7. The third-order valence-corrected chi connectivity index (χ3v) is 7.02. The normalized spacial score (nSPS) is 18.7.